The largest absolute Gasteiger partial charge is 0.495 e. The van der Waals surface area contributed by atoms with Gasteiger partial charge in [-0.05, 0) is 36.8 Å². The zero-order chi connectivity index (χ0) is 23.4. The molecule has 2 heterocycles. The van der Waals surface area contributed by atoms with E-state index in [9.17, 15) is 4.79 Å². The topological polar surface area (TPSA) is 64.1 Å². The summed E-state index contributed by atoms with van der Waals surface area (Å²) in [7, 11) is 3.21. The van der Waals surface area contributed by atoms with Gasteiger partial charge in [0.2, 0.25) is 0 Å². The SMILES string of the molecule is COc1ccc(OC)c2sc(N(CCCN3CCOCC3)C(=O)c3ccc(Cl)cc3Cl)nc12. The number of halogens is 2. The molecule has 0 saturated carbocycles. The molecule has 4 rings (SSSR count). The van der Waals surface area contributed by atoms with Crippen LogP contribution in [0.25, 0.3) is 10.2 Å². The second-order valence-corrected chi connectivity index (χ2v) is 9.35. The molecule has 1 aromatic heterocycles. The summed E-state index contributed by atoms with van der Waals surface area (Å²) in [6.45, 7) is 4.61. The number of aromatic nitrogens is 1. The summed E-state index contributed by atoms with van der Waals surface area (Å²) in [6.07, 6.45) is 0.779. The molecular weight excluding hydrogens is 485 g/mol. The summed E-state index contributed by atoms with van der Waals surface area (Å²) in [5.74, 6) is 1.08. The molecule has 0 atom stereocenters. The van der Waals surface area contributed by atoms with Gasteiger partial charge in [0.1, 0.15) is 21.7 Å². The van der Waals surface area contributed by atoms with Gasteiger partial charge in [-0.1, -0.05) is 34.5 Å². The summed E-state index contributed by atoms with van der Waals surface area (Å²) in [5, 5.41) is 1.35. The van der Waals surface area contributed by atoms with E-state index in [1.54, 1.807) is 37.3 Å². The molecule has 0 spiro atoms. The Morgan fingerprint density at radius 3 is 2.58 bits per heavy atom. The van der Waals surface area contributed by atoms with Crippen molar-refractivity contribution in [3.8, 4) is 11.5 Å². The van der Waals surface area contributed by atoms with E-state index in [0.29, 0.717) is 44.3 Å². The van der Waals surface area contributed by atoms with E-state index in [1.165, 1.54) is 11.3 Å². The number of ether oxygens (including phenoxy) is 3. The zero-order valence-corrected chi connectivity index (χ0v) is 20.8. The Morgan fingerprint density at radius 1 is 1.15 bits per heavy atom. The van der Waals surface area contributed by atoms with Crippen molar-refractivity contribution in [1.29, 1.82) is 0 Å². The lowest BCUT2D eigenvalue weighted by Gasteiger charge is -2.27. The maximum absolute atomic E-state index is 13.6. The highest BCUT2D eigenvalue weighted by molar-refractivity contribution is 7.22. The van der Waals surface area contributed by atoms with E-state index in [1.807, 2.05) is 12.1 Å². The highest BCUT2D eigenvalue weighted by Crippen LogP contribution is 2.40. The average Bonchev–Trinajstić information content (AvgIpc) is 3.26. The van der Waals surface area contributed by atoms with Crippen LogP contribution in [0.3, 0.4) is 0 Å². The number of thiazole rings is 1. The zero-order valence-electron chi connectivity index (χ0n) is 18.5. The molecule has 3 aromatic rings. The van der Waals surface area contributed by atoms with E-state index >= 15 is 0 Å². The van der Waals surface area contributed by atoms with Crippen LogP contribution in [0.2, 0.25) is 10.0 Å². The van der Waals surface area contributed by atoms with Gasteiger partial charge in [0, 0.05) is 31.2 Å². The minimum atomic E-state index is -0.226. The Bertz CT molecular complexity index is 1090. The van der Waals surface area contributed by atoms with Gasteiger partial charge in [0.25, 0.3) is 5.91 Å². The first kappa shape index (κ1) is 24.0. The molecule has 0 aliphatic carbocycles. The van der Waals surface area contributed by atoms with Gasteiger partial charge >= 0.3 is 0 Å². The van der Waals surface area contributed by atoms with E-state index in [-0.39, 0.29) is 5.91 Å². The van der Waals surface area contributed by atoms with Gasteiger partial charge in [-0.3, -0.25) is 14.6 Å². The molecule has 1 aliphatic heterocycles. The van der Waals surface area contributed by atoms with Gasteiger partial charge in [0.05, 0.1) is 38.0 Å². The predicted molar refractivity (Wildman–Crippen MR) is 133 cm³/mol. The van der Waals surface area contributed by atoms with E-state index in [2.05, 4.69) is 4.90 Å². The molecule has 2 aromatic carbocycles. The Hall–Kier alpha value is -2.10. The van der Waals surface area contributed by atoms with Crippen LogP contribution in [0.4, 0.5) is 5.13 Å². The molecular formula is C23H25Cl2N3O4S. The molecule has 176 valence electrons. The summed E-state index contributed by atoms with van der Waals surface area (Å²) >= 11 is 13.8. The van der Waals surface area contributed by atoms with Crippen LogP contribution >= 0.6 is 34.5 Å². The molecule has 1 aliphatic rings. The second-order valence-electron chi connectivity index (χ2n) is 7.53. The molecule has 0 bridgehead atoms. The molecule has 0 unspecified atom stereocenters. The van der Waals surface area contributed by atoms with E-state index < -0.39 is 0 Å². The Balaban J connectivity index is 1.67. The fourth-order valence-electron chi connectivity index (χ4n) is 3.76. The minimum Gasteiger partial charge on any atom is -0.495 e. The first-order chi connectivity index (χ1) is 16.0. The lowest BCUT2D eigenvalue weighted by Crippen LogP contribution is -2.39. The van der Waals surface area contributed by atoms with Gasteiger partial charge in [0.15, 0.2) is 5.13 Å². The molecule has 0 N–H and O–H groups in total. The van der Waals surface area contributed by atoms with Gasteiger partial charge in [-0.25, -0.2) is 4.98 Å². The first-order valence-electron chi connectivity index (χ1n) is 10.6. The van der Waals surface area contributed by atoms with Crippen molar-refractivity contribution in [2.45, 2.75) is 6.42 Å². The van der Waals surface area contributed by atoms with Gasteiger partial charge in [-0.15, -0.1) is 0 Å². The third-order valence-electron chi connectivity index (χ3n) is 5.50. The van der Waals surface area contributed by atoms with Crippen molar-refractivity contribution in [1.82, 2.24) is 9.88 Å². The van der Waals surface area contributed by atoms with E-state index in [4.69, 9.17) is 42.4 Å². The number of benzene rings is 2. The number of amides is 1. The number of carbonyl (C=O) groups is 1. The average molecular weight is 510 g/mol. The molecule has 1 amide bonds. The number of anilines is 1. The third kappa shape index (κ3) is 5.36. The van der Waals surface area contributed by atoms with Crippen molar-refractivity contribution >= 4 is 55.8 Å². The standard InChI is InChI=1S/C23H25Cl2N3O4S/c1-30-18-6-7-19(31-2)21-20(18)26-23(33-21)28(9-3-8-27-10-12-32-13-11-27)22(29)16-5-4-15(24)14-17(16)25/h4-7,14H,3,8-13H2,1-2H3. The minimum absolute atomic E-state index is 0.226. The number of methoxy groups -OCH3 is 2. The second kappa shape index (κ2) is 10.9. The lowest BCUT2D eigenvalue weighted by molar-refractivity contribution is 0.0376. The van der Waals surface area contributed by atoms with E-state index in [0.717, 1.165) is 44.0 Å². The van der Waals surface area contributed by atoms with Crippen molar-refractivity contribution in [2.75, 3.05) is 58.5 Å². The lowest BCUT2D eigenvalue weighted by atomic mass is 10.2. The summed E-state index contributed by atoms with van der Waals surface area (Å²) in [6, 6.07) is 8.54. The molecule has 1 saturated heterocycles. The summed E-state index contributed by atoms with van der Waals surface area (Å²) in [5.41, 5.74) is 1.04. The number of carbonyl (C=O) groups excluding carboxylic acids is 1. The number of nitrogens with zero attached hydrogens (tertiary/aromatic N) is 3. The smallest absolute Gasteiger partial charge is 0.261 e. The number of rotatable bonds is 8. The fourth-order valence-corrected chi connectivity index (χ4v) is 5.35. The molecule has 33 heavy (non-hydrogen) atoms. The summed E-state index contributed by atoms with van der Waals surface area (Å²) < 4.78 is 17.3. The number of hydrogen-bond donors (Lipinski definition) is 0. The quantitative estimate of drug-likeness (QED) is 0.426. The summed E-state index contributed by atoms with van der Waals surface area (Å²) in [4.78, 5) is 22.4. The highest BCUT2D eigenvalue weighted by Gasteiger charge is 2.25. The molecule has 7 nitrogen and oxygen atoms in total. The Morgan fingerprint density at radius 2 is 1.88 bits per heavy atom. The van der Waals surface area contributed by atoms with Crippen LogP contribution in [0.5, 0.6) is 11.5 Å². The van der Waals surface area contributed by atoms with Crippen molar-refractivity contribution in [2.24, 2.45) is 0 Å². The monoisotopic (exact) mass is 509 g/mol. The van der Waals surface area contributed by atoms with Gasteiger partial charge < -0.3 is 14.2 Å². The van der Waals surface area contributed by atoms with Crippen molar-refractivity contribution in [3.05, 3.63) is 45.9 Å². The highest BCUT2D eigenvalue weighted by atomic mass is 35.5. The van der Waals surface area contributed by atoms with Crippen LogP contribution in [-0.4, -0.2) is 69.4 Å². The maximum atomic E-state index is 13.6. The normalized spacial score (nSPS) is 14.4. The van der Waals surface area contributed by atoms with Crippen LogP contribution < -0.4 is 14.4 Å². The first-order valence-corrected chi connectivity index (χ1v) is 12.2. The van der Waals surface area contributed by atoms with Crippen molar-refractivity contribution < 1.29 is 19.0 Å². The van der Waals surface area contributed by atoms with Crippen molar-refractivity contribution in [3.63, 3.8) is 0 Å². The number of fused-ring (bicyclic) bond motifs is 1. The van der Waals surface area contributed by atoms with Crippen LogP contribution in [0.15, 0.2) is 30.3 Å². The molecule has 1 fully saturated rings. The molecule has 0 radical (unpaired) electrons. The van der Waals surface area contributed by atoms with Crippen LogP contribution in [0, 0.1) is 0 Å². The third-order valence-corrected chi connectivity index (χ3v) is 7.14. The van der Waals surface area contributed by atoms with Gasteiger partial charge in [-0.2, -0.15) is 0 Å². The molecule has 10 heteroatoms. The maximum Gasteiger partial charge on any atom is 0.261 e. The van der Waals surface area contributed by atoms with Crippen LogP contribution in [-0.2, 0) is 4.74 Å². The fraction of sp³-hybridized carbons (Fsp3) is 0.391. The Labute approximate surface area is 206 Å². The van der Waals surface area contributed by atoms with Crippen LogP contribution in [0.1, 0.15) is 16.8 Å². The Kier molecular flexibility index (Phi) is 7.93. The predicted octanol–water partition coefficient (Wildman–Crippen LogP) is 4.99. The number of morpholine rings is 1. The number of hydrogen-bond acceptors (Lipinski definition) is 7.